The number of benzene rings is 1. The van der Waals surface area contributed by atoms with Gasteiger partial charge in [-0.25, -0.2) is 24.3 Å². The molecule has 3 aromatic heterocycles. The number of anilines is 2. The van der Waals surface area contributed by atoms with Gasteiger partial charge in [0, 0.05) is 50.5 Å². The zero-order valence-electron chi connectivity index (χ0n) is 21.6. The molecule has 1 aliphatic rings. The minimum Gasteiger partial charge on any atom is -0.326 e. The van der Waals surface area contributed by atoms with Crippen molar-refractivity contribution in [1.82, 2.24) is 34.3 Å². The molecule has 0 saturated carbocycles. The number of hydrogen-bond acceptors (Lipinski definition) is 7. The number of hydrogen-bond donors (Lipinski definition) is 1. The molecule has 188 valence electrons. The first kappa shape index (κ1) is 24.3. The topological polar surface area (TPSA) is 75.0 Å². The lowest BCUT2D eigenvalue weighted by Crippen LogP contribution is -2.43. The van der Waals surface area contributed by atoms with Crippen LogP contribution in [0.15, 0.2) is 36.7 Å². The van der Waals surface area contributed by atoms with E-state index in [9.17, 15) is 4.39 Å². The summed E-state index contributed by atoms with van der Waals surface area (Å²) < 4.78 is 17.1. The van der Waals surface area contributed by atoms with Crippen LogP contribution < -0.4 is 5.32 Å². The predicted molar refractivity (Wildman–Crippen MR) is 141 cm³/mol. The average Bonchev–Trinajstić information content (AvgIpc) is 3.19. The van der Waals surface area contributed by atoms with E-state index in [1.807, 2.05) is 38.2 Å². The lowest BCUT2D eigenvalue weighted by Gasteiger charge is -2.32. The molecule has 0 radical (unpaired) electrons. The Kier molecular flexibility index (Phi) is 6.68. The summed E-state index contributed by atoms with van der Waals surface area (Å²) in [6.45, 7) is 13.4. The molecule has 1 aromatic carbocycles. The SMILES string of the molecule is Cc1cc(-c2nc(Nc3ccc(CN4CCN(C)CC4)cn3)ncc2F)cc2c1nc(C)n2C(C)C. The lowest BCUT2D eigenvalue weighted by atomic mass is 10.1. The highest BCUT2D eigenvalue weighted by molar-refractivity contribution is 5.85. The second-order valence-electron chi connectivity index (χ2n) is 9.93. The molecule has 4 aromatic rings. The van der Waals surface area contributed by atoms with E-state index in [1.54, 1.807) is 0 Å². The number of piperazine rings is 1. The van der Waals surface area contributed by atoms with Gasteiger partial charge in [0.05, 0.1) is 17.2 Å². The number of fused-ring (bicyclic) bond motifs is 1. The Labute approximate surface area is 211 Å². The van der Waals surface area contributed by atoms with Gasteiger partial charge in [0.2, 0.25) is 5.95 Å². The van der Waals surface area contributed by atoms with Crippen molar-refractivity contribution in [2.75, 3.05) is 38.5 Å². The van der Waals surface area contributed by atoms with Gasteiger partial charge in [-0.15, -0.1) is 0 Å². The maximum atomic E-state index is 14.9. The fourth-order valence-electron chi connectivity index (χ4n) is 4.87. The second-order valence-corrected chi connectivity index (χ2v) is 9.93. The Morgan fingerprint density at radius 2 is 1.78 bits per heavy atom. The summed E-state index contributed by atoms with van der Waals surface area (Å²) in [6, 6.07) is 8.11. The summed E-state index contributed by atoms with van der Waals surface area (Å²) in [4.78, 5) is 22.7. The van der Waals surface area contributed by atoms with Crippen LogP contribution in [0.4, 0.5) is 16.2 Å². The molecule has 9 heteroatoms. The molecule has 0 bridgehead atoms. The van der Waals surface area contributed by atoms with Gasteiger partial charge in [-0.2, -0.15) is 0 Å². The fourth-order valence-corrected chi connectivity index (χ4v) is 4.87. The molecule has 0 atom stereocenters. The van der Waals surface area contributed by atoms with Gasteiger partial charge in [0.25, 0.3) is 0 Å². The van der Waals surface area contributed by atoms with E-state index >= 15 is 0 Å². The van der Waals surface area contributed by atoms with Crippen LogP contribution in [-0.2, 0) is 6.54 Å². The van der Waals surface area contributed by atoms with Crippen molar-refractivity contribution < 1.29 is 4.39 Å². The maximum Gasteiger partial charge on any atom is 0.229 e. The van der Waals surface area contributed by atoms with Crippen molar-refractivity contribution in [2.24, 2.45) is 0 Å². The Morgan fingerprint density at radius 1 is 1.00 bits per heavy atom. The van der Waals surface area contributed by atoms with E-state index in [1.165, 1.54) is 6.20 Å². The van der Waals surface area contributed by atoms with Crippen LogP contribution in [-0.4, -0.2) is 67.5 Å². The van der Waals surface area contributed by atoms with Gasteiger partial charge in [-0.1, -0.05) is 6.07 Å². The third-order valence-electron chi connectivity index (χ3n) is 6.76. The van der Waals surface area contributed by atoms with Crippen molar-refractivity contribution in [2.45, 2.75) is 40.3 Å². The highest BCUT2D eigenvalue weighted by atomic mass is 19.1. The average molecular weight is 489 g/mol. The van der Waals surface area contributed by atoms with E-state index in [-0.39, 0.29) is 11.7 Å². The first-order chi connectivity index (χ1) is 17.3. The van der Waals surface area contributed by atoms with E-state index in [2.05, 4.69) is 61.6 Å². The standard InChI is InChI=1S/C27H33FN8/c1-17(2)36-19(4)31-25-18(3)12-21(13-23(25)36)26-22(28)15-30-27(33-26)32-24-7-6-20(14-29-24)16-35-10-8-34(5)9-11-35/h6-7,12-15,17H,8-11,16H2,1-5H3,(H,29,30,32,33). The number of aromatic nitrogens is 5. The molecular formula is C27H33FN8. The van der Waals surface area contributed by atoms with Crippen LogP contribution in [0.5, 0.6) is 0 Å². The molecule has 5 rings (SSSR count). The highest BCUT2D eigenvalue weighted by Gasteiger charge is 2.17. The number of imidazole rings is 1. The van der Waals surface area contributed by atoms with Crippen LogP contribution in [0, 0.1) is 19.7 Å². The zero-order valence-corrected chi connectivity index (χ0v) is 21.6. The molecule has 0 spiro atoms. The molecule has 36 heavy (non-hydrogen) atoms. The molecule has 1 fully saturated rings. The zero-order chi connectivity index (χ0) is 25.4. The summed E-state index contributed by atoms with van der Waals surface area (Å²) in [5.41, 5.74) is 4.99. The van der Waals surface area contributed by atoms with Crippen molar-refractivity contribution >= 4 is 22.8 Å². The normalized spacial score (nSPS) is 15.2. The summed E-state index contributed by atoms with van der Waals surface area (Å²) in [6.07, 6.45) is 3.08. The second kappa shape index (κ2) is 9.91. The summed E-state index contributed by atoms with van der Waals surface area (Å²) >= 11 is 0. The first-order valence-corrected chi connectivity index (χ1v) is 12.4. The Hall–Kier alpha value is -3.43. The minimum absolute atomic E-state index is 0.238. The molecule has 8 nitrogen and oxygen atoms in total. The number of pyridine rings is 1. The van der Waals surface area contributed by atoms with E-state index in [0.717, 1.165) is 60.7 Å². The van der Waals surface area contributed by atoms with Gasteiger partial charge >= 0.3 is 0 Å². The Bertz CT molecular complexity index is 1370. The van der Waals surface area contributed by atoms with Gasteiger partial charge in [0.15, 0.2) is 5.82 Å². The molecule has 0 aliphatic carbocycles. The van der Waals surface area contributed by atoms with Crippen molar-refractivity contribution in [3.8, 4) is 11.3 Å². The maximum absolute atomic E-state index is 14.9. The number of rotatable bonds is 6. The van der Waals surface area contributed by atoms with Crippen LogP contribution in [0.3, 0.4) is 0 Å². The molecular weight excluding hydrogens is 455 g/mol. The van der Waals surface area contributed by atoms with Crippen LogP contribution in [0.25, 0.3) is 22.3 Å². The molecule has 1 N–H and O–H groups in total. The summed E-state index contributed by atoms with van der Waals surface area (Å²) in [5.74, 6) is 1.39. The number of nitrogens with zero attached hydrogens (tertiary/aromatic N) is 7. The van der Waals surface area contributed by atoms with Gasteiger partial charge in [-0.05, 0) is 64.1 Å². The molecule has 0 unspecified atom stereocenters. The van der Waals surface area contributed by atoms with Gasteiger partial charge in [0.1, 0.15) is 17.3 Å². The van der Waals surface area contributed by atoms with Gasteiger partial charge < -0.3 is 14.8 Å². The summed E-state index contributed by atoms with van der Waals surface area (Å²) in [7, 11) is 2.16. The lowest BCUT2D eigenvalue weighted by molar-refractivity contribution is 0.148. The van der Waals surface area contributed by atoms with Crippen LogP contribution in [0.2, 0.25) is 0 Å². The molecule has 0 amide bonds. The van der Waals surface area contributed by atoms with Crippen LogP contribution in [0.1, 0.15) is 36.8 Å². The number of aryl methyl sites for hydroxylation is 2. The van der Waals surface area contributed by atoms with Crippen molar-refractivity contribution in [3.05, 3.63) is 59.4 Å². The highest BCUT2D eigenvalue weighted by Crippen LogP contribution is 2.30. The predicted octanol–water partition coefficient (Wildman–Crippen LogP) is 4.72. The minimum atomic E-state index is -0.470. The molecule has 4 heterocycles. The van der Waals surface area contributed by atoms with Crippen LogP contribution >= 0.6 is 0 Å². The van der Waals surface area contributed by atoms with E-state index in [4.69, 9.17) is 4.98 Å². The Balaban J connectivity index is 1.38. The van der Waals surface area contributed by atoms with Crippen molar-refractivity contribution in [3.63, 3.8) is 0 Å². The quantitative estimate of drug-likeness (QED) is 0.421. The number of likely N-dealkylation sites (N-methyl/N-ethyl adjacent to an activating group) is 1. The molecule has 1 saturated heterocycles. The first-order valence-electron chi connectivity index (χ1n) is 12.4. The molecule has 1 aliphatic heterocycles. The monoisotopic (exact) mass is 488 g/mol. The number of nitrogens with one attached hydrogen (secondary N) is 1. The van der Waals surface area contributed by atoms with E-state index < -0.39 is 5.82 Å². The largest absolute Gasteiger partial charge is 0.326 e. The third-order valence-corrected chi connectivity index (χ3v) is 6.76. The third kappa shape index (κ3) is 4.94. The van der Waals surface area contributed by atoms with Gasteiger partial charge in [-0.3, -0.25) is 4.90 Å². The fraction of sp³-hybridized carbons (Fsp3) is 0.407. The number of halogens is 1. The van der Waals surface area contributed by atoms with E-state index in [0.29, 0.717) is 17.3 Å². The smallest absolute Gasteiger partial charge is 0.229 e. The van der Waals surface area contributed by atoms with Crippen molar-refractivity contribution in [1.29, 1.82) is 0 Å². The summed E-state index contributed by atoms with van der Waals surface area (Å²) in [5, 5.41) is 3.13. The Morgan fingerprint density at radius 3 is 2.47 bits per heavy atom.